The molecule has 0 saturated heterocycles. The first-order valence-electron chi connectivity index (χ1n) is 9.36. The Morgan fingerprint density at radius 1 is 0.667 bits per heavy atom. The molecular formula is C22H30N2. The zero-order chi connectivity index (χ0) is 16.8. The number of nitrogens with one attached hydrogen (secondary N) is 2. The van der Waals surface area contributed by atoms with Gasteiger partial charge in [-0.05, 0) is 37.8 Å². The average molecular weight is 322 g/mol. The summed E-state index contributed by atoms with van der Waals surface area (Å²) in [6.45, 7) is 4.56. The molecule has 0 heterocycles. The lowest BCUT2D eigenvalue weighted by atomic mass is 9.88. The Morgan fingerprint density at radius 2 is 1.04 bits per heavy atom. The highest BCUT2D eigenvalue weighted by atomic mass is 15.1. The highest BCUT2D eigenvalue weighted by Crippen LogP contribution is 2.24. The van der Waals surface area contributed by atoms with Crippen LogP contribution in [0.2, 0.25) is 0 Å². The Hall–Kier alpha value is -1.64. The summed E-state index contributed by atoms with van der Waals surface area (Å²) in [5, 5.41) is 7.76. The first kappa shape index (κ1) is 17.2. The van der Waals surface area contributed by atoms with Crippen LogP contribution in [0.3, 0.4) is 0 Å². The van der Waals surface area contributed by atoms with Gasteiger partial charge in [-0.25, -0.2) is 0 Å². The van der Waals surface area contributed by atoms with Gasteiger partial charge in [0.15, 0.2) is 0 Å². The van der Waals surface area contributed by atoms with Gasteiger partial charge in [-0.15, -0.1) is 0 Å². The topological polar surface area (TPSA) is 24.1 Å². The largest absolute Gasteiger partial charge is 0.306 e. The van der Waals surface area contributed by atoms with E-state index in [-0.39, 0.29) is 0 Å². The molecular weight excluding hydrogens is 292 g/mol. The molecule has 3 rings (SSSR count). The zero-order valence-electron chi connectivity index (χ0n) is 14.9. The quantitative estimate of drug-likeness (QED) is 0.782. The average Bonchev–Trinajstić information content (AvgIpc) is 2.64. The molecule has 2 heteroatoms. The molecule has 0 amide bonds. The predicted molar refractivity (Wildman–Crippen MR) is 102 cm³/mol. The Bertz CT molecular complexity index is 540. The van der Waals surface area contributed by atoms with Crippen molar-refractivity contribution in [1.82, 2.24) is 10.6 Å². The van der Waals surface area contributed by atoms with E-state index in [2.05, 4.69) is 85.1 Å². The molecule has 2 N–H and O–H groups in total. The number of rotatable bonds is 6. The minimum atomic E-state index is 0.394. The third-order valence-electron chi connectivity index (χ3n) is 5.29. The van der Waals surface area contributed by atoms with Gasteiger partial charge in [-0.3, -0.25) is 0 Å². The molecule has 0 spiro atoms. The molecule has 128 valence electrons. The van der Waals surface area contributed by atoms with Crippen LogP contribution in [0.15, 0.2) is 60.7 Å². The van der Waals surface area contributed by atoms with Crippen molar-refractivity contribution in [2.45, 2.75) is 63.7 Å². The molecule has 0 aliphatic heterocycles. The highest BCUT2D eigenvalue weighted by molar-refractivity contribution is 5.20. The van der Waals surface area contributed by atoms with Crippen molar-refractivity contribution >= 4 is 0 Å². The lowest BCUT2D eigenvalue weighted by molar-refractivity contribution is 0.253. The highest BCUT2D eigenvalue weighted by Gasteiger charge is 2.27. The second-order valence-corrected chi connectivity index (χ2v) is 7.10. The van der Waals surface area contributed by atoms with E-state index in [1.165, 1.54) is 36.8 Å². The molecule has 2 aromatic rings. The van der Waals surface area contributed by atoms with Gasteiger partial charge in [0.05, 0.1) is 0 Å². The normalized spacial score (nSPS) is 23.6. The molecule has 4 atom stereocenters. The molecule has 24 heavy (non-hydrogen) atoms. The standard InChI is InChI=1S/C22H30N2/c1-17(19-11-5-3-6-12-19)23-21-15-9-10-16-22(21)24-18(2)20-13-7-4-8-14-20/h3-8,11-14,17-18,21-24H,9-10,15-16H2,1-2H3/t17-,18-,21+,22+/m1/s1. The van der Waals surface area contributed by atoms with E-state index < -0.39 is 0 Å². The van der Waals surface area contributed by atoms with Crippen molar-refractivity contribution < 1.29 is 0 Å². The summed E-state index contributed by atoms with van der Waals surface area (Å²) >= 11 is 0. The van der Waals surface area contributed by atoms with Gasteiger partial charge in [0.2, 0.25) is 0 Å². The molecule has 1 saturated carbocycles. The van der Waals surface area contributed by atoms with E-state index in [0.717, 1.165) is 0 Å². The second-order valence-electron chi connectivity index (χ2n) is 7.10. The molecule has 2 nitrogen and oxygen atoms in total. The second kappa shape index (κ2) is 8.46. The molecule has 0 bridgehead atoms. The molecule has 0 unspecified atom stereocenters. The van der Waals surface area contributed by atoms with Crippen LogP contribution >= 0.6 is 0 Å². The van der Waals surface area contributed by atoms with Crippen LogP contribution in [-0.4, -0.2) is 12.1 Å². The predicted octanol–water partition coefficient (Wildman–Crippen LogP) is 5.00. The van der Waals surface area contributed by atoms with Crippen LogP contribution in [0.5, 0.6) is 0 Å². The van der Waals surface area contributed by atoms with Crippen LogP contribution in [0.4, 0.5) is 0 Å². The van der Waals surface area contributed by atoms with E-state index in [1.807, 2.05) is 0 Å². The summed E-state index contributed by atoms with van der Waals surface area (Å²) in [7, 11) is 0. The van der Waals surface area contributed by atoms with Gasteiger partial charge in [0.25, 0.3) is 0 Å². The SMILES string of the molecule is C[C@@H](N[C@H]1CCCC[C@@H]1N[C@H](C)c1ccccc1)c1ccccc1. The summed E-state index contributed by atoms with van der Waals surface area (Å²) in [5.74, 6) is 0. The Morgan fingerprint density at radius 3 is 1.42 bits per heavy atom. The minimum absolute atomic E-state index is 0.394. The summed E-state index contributed by atoms with van der Waals surface area (Å²) in [6.07, 6.45) is 5.18. The van der Waals surface area contributed by atoms with Crippen molar-refractivity contribution in [1.29, 1.82) is 0 Å². The van der Waals surface area contributed by atoms with Crippen LogP contribution < -0.4 is 10.6 Å². The van der Waals surface area contributed by atoms with Crippen molar-refractivity contribution in [2.24, 2.45) is 0 Å². The Balaban J connectivity index is 1.63. The first-order chi connectivity index (χ1) is 11.7. The zero-order valence-corrected chi connectivity index (χ0v) is 14.9. The summed E-state index contributed by atoms with van der Waals surface area (Å²) in [5.41, 5.74) is 2.75. The van der Waals surface area contributed by atoms with Crippen molar-refractivity contribution in [2.75, 3.05) is 0 Å². The van der Waals surface area contributed by atoms with Gasteiger partial charge in [-0.1, -0.05) is 73.5 Å². The van der Waals surface area contributed by atoms with Gasteiger partial charge in [-0.2, -0.15) is 0 Å². The summed E-state index contributed by atoms with van der Waals surface area (Å²) < 4.78 is 0. The smallest absolute Gasteiger partial charge is 0.0295 e. The van der Waals surface area contributed by atoms with Crippen LogP contribution in [0.1, 0.15) is 62.7 Å². The molecule has 1 aliphatic rings. The molecule has 1 aliphatic carbocycles. The first-order valence-corrected chi connectivity index (χ1v) is 9.36. The van der Waals surface area contributed by atoms with E-state index in [9.17, 15) is 0 Å². The fourth-order valence-electron chi connectivity index (χ4n) is 3.85. The Kier molecular flexibility index (Phi) is 6.06. The van der Waals surface area contributed by atoms with Crippen molar-refractivity contribution in [3.8, 4) is 0 Å². The van der Waals surface area contributed by atoms with E-state index in [4.69, 9.17) is 0 Å². The number of benzene rings is 2. The fourth-order valence-corrected chi connectivity index (χ4v) is 3.85. The van der Waals surface area contributed by atoms with Crippen LogP contribution in [0.25, 0.3) is 0 Å². The van der Waals surface area contributed by atoms with Crippen molar-refractivity contribution in [3.63, 3.8) is 0 Å². The van der Waals surface area contributed by atoms with E-state index in [0.29, 0.717) is 24.2 Å². The summed E-state index contributed by atoms with van der Waals surface area (Å²) in [6, 6.07) is 23.4. The minimum Gasteiger partial charge on any atom is -0.306 e. The van der Waals surface area contributed by atoms with Crippen molar-refractivity contribution in [3.05, 3.63) is 71.8 Å². The maximum atomic E-state index is 3.88. The molecule has 0 radical (unpaired) electrons. The van der Waals surface area contributed by atoms with Gasteiger partial charge in [0, 0.05) is 24.2 Å². The Labute approximate surface area is 146 Å². The van der Waals surface area contributed by atoms with E-state index in [1.54, 1.807) is 0 Å². The lowest BCUT2D eigenvalue weighted by Crippen LogP contribution is -2.51. The van der Waals surface area contributed by atoms with Gasteiger partial charge >= 0.3 is 0 Å². The lowest BCUT2D eigenvalue weighted by Gasteiger charge is -2.37. The monoisotopic (exact) mass is 322 g/mol. The van der Waals surface area contributed by atoms with Gasteiger partial charge < -0.3 is 10.6 Å². The number of hydrogen-bond donors (Lipinski definition) is 2. The van der Waals surface area contributed by atoms with E-state index >= 15 is 0 Å². The third kappa shape index (κ3) is 4.46. The molecule has 1 fully saturated rings. The summed E-state index contributed by atoms with van der Waals surface area (Å²) in [4.78, 5) is 0. The van der Waals surface area contributed by atoms with Crippen LogP contribution in [0, 0.1) is 0 Å². The van der Waals surface area contributed by atoms with Crippen LogP contribution in [-0.2, 0) is 0 Å². The number of hydrogen-bond acceptors (Lipinski definition) is 2. The maximum absolute atomic E-state index is 3.88. The molecule has 2 aromatic carbocycles. The van der Waals surface area contributed by atoms with Gasteiger partial charge in [0.1, 0.15) is 0 Å². The molecule has 0 aromatic heterocycles. The maximum Gasteiger partial charge on any atom is 0.0295 e. The third-order valence-corrected chi connectivity index (χ3v) is 5.29. The fraction of sp³-hybridized carbons (Fsp3) is 0.455.